The summed E-state index contributed by atoms with van der Waals surface area (Å²) in [5.41, 5.74) is 14.4. The lowest BCUT2D eigenvalue weighted by atomic mass is 10.0. The Labute approximate surface area is 281 Å². The number of halogens is 2. The molecule has 48 heavy (non-hydrogen) atoms. The Morgan fingerprint density at radius 3 is 2.62 bits per heavy atom. The summed E-state index contributed by atoms with van der Waals surface area (Å²) in [6.07, 6.45) is 6.35. The van der Waals surface area contributed by atoms with Gasteiger partial charge < -0.3 is 37.4 Å². The number of hydrogen-bond donors (Lipinski definition) is 8. The molecule has 12 nitrogen and oxygen atoms in total. The maximum atomic E-state index is 15.2. The minimum absolute atomic E-state index is 0.0210. The Morgan fingerprint density at radius 2 is 1.90 bits per heavy atom. The quantitative estimate of drug-likeness (QED) is 0.0603. The summed E-state index contributed by atoms with van der Waals surface area (Å²) in [6.45, 7) is 3.50. The van der Waals surface area contributed by atoms with E-state index in [0.717, 1.165) is 24.0 Å². The van der Waals surface area contributed by atoms with Crippen LogP contribution in [-0.2, 0) is 13.0 Å². The maximum Gasteiger partial charge on any atom is 0.354 e. The molecule has 0 unspecified atom stereocenters. The number of aryl methyl sites for hydroxylation is 1. The molecule has 0 bridgehead atoms. The van der Waals surface area contributed by atoms with E-state index in [-0.39, 0.29) is 28.5 Å². The van der Waals surface area contributed by atoms with Crippen molar-refractivity contribution in [1.82, 2.24) is 30.2 Å². The van der Waals surface area contributed by atoms with Gasteiger partial charge in [-0.15, -0.1) is 0 Å². The van der Waals surface area contributed by atoms with Crippen molar-refractivity contribution < 1.29 is 4.39 Å². The zero-order valence-corrected chi connectivity index (χ0v) is 27.3. The van der Waals surface area contributed by atoms with Crippen molar-refractivity contribution in [3.8, 4) is 16.9 Å². The van der Waals surface area contributed by atoms with E-state index in [0.29, 0.717) is 66.3 Å². The minimum atomic E-state index is -0.540. The zero-order chi connectivity index (χ0) is 34.2. The number of guanidine groups is 1. The van der Waals surface area contributed by atoms with Crippen molar-refractivity contribution in [3.63, 3.8) is 0 Å². The summed E-state index contributed by atoms with van der Waals surface area (Å²) in [6, 6.07) is 15.7. The third-order valence-electron chi connectivity index (χ3n) is 7.94. The van der Waals surface area contributed by atoms with E-state index in [1.54, 1.807) is 30.6 Å². The van der Waals surface area contributed by atoms with Crippen LogP contribution >= 0.6 is 11.6 Å². The number of nitrogens with zero attached hydrogens (tertiary/aromatic N) is 2. The lowest BCUT2D eigenvalue weighted by Crippen LogP contribution is -2.40. The Balaban J connectivity index is 1.29. The van der Waals surface area contributed by atoms with Crippen LogP contribution in [0.4, 0.5) is 10.2 Å². The largest absolute Gasteiger partial charge is 0.370 e. The molecule has 252 valence electrons. The Hall–Kier alpha value is -4.98. The topological polar surface area (TPSA) is 196 Å². The second-order valence-electron chi connectivity index (χ2n) is 11.9. The molecule has 2 aromatic carbocycles. The minimum Gasteiger partial charge on any atom is -0.370 e. The summed E-state index contributed by atoms with van der Waals surface area (Å²) >= 11 is 6.25. The maximum absolute atomic E-state index is 15.2. The van der Waals surface area contributed by atoms with Crippen molar-refractivity contribution in [2.75, 3.05) is 18.4 Å². The van der Waals surface area contributed by atoms with Crippen LogP contribution in [0, 0.1) is 11.2 Å². The molecule has 10 N–H and O–H groups in total. The lowest BCUT2D eigenvalue weighted by molar-refractivity contribution is 0.493. The average molecular weight is 675 g/mol. The zero-order valence-electron chi connectivity index (χ0n) is 26.6. The van der Waals surface area contributed by atoms with Crippen molar-refractivity contribution in [3.05, 3.63) is 110 Å². The number of pyridine rings is 1. The SMILES string of the molecule is C[C@H](N)CCCc1cc(Cl)c(F)c(-c2cc3cn(-c4ccc(CN[C@H](CCNC(=N)N)CNc5cc(=O)cc[nH]5)cc4)c(=O)nc3[nH]2)c1. The number of nitrogens with two attached hydrogens (primary N) is 2. The van der Waals surface area contributed by atoms with Gasteiger partial charge in [0.25, 0.3) is 0 Å². The molecule has 0 aliphatic rings. The van der Waals surface area contributed by atoms with Crippen molar-refractivity contribution in [2.45, 2.75) is 51.2 Å². The van der Waals surface area contributed by atoms with E-state index in [4.69, 9.17) is 28.5 Å². The predicted octanol–water partition coefficient (Wildman–Crippen LogP) is 3.97. The van der Waals surface area contributed by atoms with Gasteiger partial charge in [-0.05, 0) is 74.1 Å². The number of hydrogen-bond acceptors (Lipinski definition) is 7. The van der Waals surface area contributed by atoms with Crippen LogP contribution in [0.1, 0.15) is 37.3 Å². The van der Waals surface area contributed by atoms with Crippen LogP contribution in [0.5, 0.6) is 0 Å². The summed E-state index contributed by atoms with van der Waals surface area (Å²) in [5.74, 6) is -0.0288. The highest BCUT2D eigenvalue weighted by molar-refractivity contribution is 6.31. The van der Waals surface area contributed by atoms with Crippen molar-refractivity contribution in [1.29, 1.82) is 5.41 Å². The lowest BCUT2D eigenvalue weighted by Gasteiger charge is -2.20. The molecule has 5 aromatic rings. The van der Waals surface area contributed by atoms with E-state index in [9.17, 15) is 9.59 Å². The molecule has 14 heteroatoms. The van der Waals surface area contributed by atoms with Gasteiger partial charge in [-0.1, -0.05) is 23.7 Å². The number of aromatic amines is 2. The summed E-state index contributed by atoms with van der Waals surface area (Å²) in [7, 11) is 0. The van der Waals surface area contributed by atoms with E-state index >= 15 is 4.39 Å². The van der Waals surface area contributed by atoms with Crippen molar-refractivity contribution in [2.24, 2.45) is 11.5 Å². The number of fused-ring (bicyclic) bond motifs is 1. The van der Waals surface area contributed by atoms with Crippen LogP contribution in [0.15, 0.2) is 76.6 Å². The van der Waals surface area contributed by atoms with E-state index < -0.39 is 11.5 Å². The molecule has 3 heterocycles. The smallest absolute Gasteiger partial charge is 0.354 e. The molecule has 0 aliphatic heterocycles. The molecular formula is C34H40ClFN10O2. The van der Waals surface area contributed by atoms with Gasteiger partial charge in [-0.25, -0.2) is 9.18 Å². The number of rotatable bonds is 15. The van der Waals surface area contributed by atoms with Crippen LogP contribution in [0.25, 0.3) is 28.0 Å². The Bertz CT molecular complexity index is 1990. The predicted molar refractivity (Wildman–Crippen MR) is 189 cm³/mol. The van der Waals surface area contributed by atoms with Gasteiger partial charge in [0.2, 0.25) is 0 Å². The van der Waals surface area contributed by atoms with Gasteiger partial charge in [0.15, 0.2) is 17.2 Å². The Kier molecular flexibility index (Phi) is 11.3. The second kappa shape index (κ2) is 15.7. The summed E-state index contributed by atoms with van der Waals surface area (Å²) in [5, 5.41) is 17.6. The number of H-pyrrole nitrogens is 2. The normalized spacial score (nSPS) is 12.6. The van der Waals surface area contributed by atoms with Crippen LogP contribution < -0.4 is 38.5 Å². The van der Waals surface area contributed by atoms with Crippen molar-refractivity contribution >= 4 is 34.4 Å². The number of anilines is 1. The van der Waals surface area contributed by atoms with Gasteiger partial charge >= 0.3 is 5.69 Å². The molecule has 0 spiro atoms. The summed E-state index contributed by atoms with van der Waals surface area (Å²) in [4.78, 5) is 35.0. The first-order valence-electron chi connectivity index (χ1n) is 15.7. The third kappa shape index (κ3) is 9.09. The number of nitrogens with one attached hydrogen (secondary N) is 6. The van der Waals surface area contributed by atoms with Gasteiger partial charge in [0.1, 0.15) is 11.5 Å². The average Bonchev–Trinajstić information content (AvgIpc) is 3.46. The third-order valence-corrected chi connectivity index (χ3v) is 8.22. The molecule has 0 aliphatic carbocycles. The standard InChI is InChI=1S/C34H40ClFN10O2/c1-20(37)3-2-4-22-13-27(31(36)28(35)14-22)29-15-23-19-46(34(48)45-32(23)44-29)25-7-5-21(6-8-25)17-42-24(9-11-41-33(38)39)18-43-30-16-26(47)10-12-40-30/h5-8,10,12-16,19-20,24,42H,2-4,9,11,17-18,37H2,1H3,(H4,38,39,41)(H2,40,43,47)(H,44,45,48)/t20-,24+/m0/s1. The van der Waals surface area contributed by atoms with E-state index in [1.165, 1.54) is 16.7 Å². The van der Waals surface area contributed by atoms with Gasteiger partial charge in [-0.3, -0.25) is 14.8 Å². The second-order valence-corrected chi connectivity index (χ2v) is 12.3. The number of aromatic nitrogens is 4. The van der Waals surface area contributed by atoms with Gasteiger partial charge in [0, 0.05) is 67.2 Å². The van der Waals surface area contributed by atoms with Gasteiger partial charge in [0.05, 0.1) is 16.4 Å². The van der Waals surface area contributed by atoms with E-state index in [2.05, 4.69) is 30.9 Å². The van der Waals surface area contributed by atoms with Crippen LogP contribution in [0.2, 0.25) is 5.02 Å². The monoisotopic (exact) mass is 674 g/mol. The fourth-order valence-corrected chi connectivity index (χ4v) is 5.65. The molecule has 0 radical (unpaired) electrons. The molecule has 0 fully saturated rings. The van der Waals surface area contributed by atoms with Gasteiger partial charge in [-0.2, -0.15) is 4.98 Å². The van der Waals surface area contributed by atoms with Crippen LogP contribution in [-0.4, -0.2) is 50.7 Å². The Morgan fingerprint density at radius 1 is 1.10 bits per heavy atom. The highest BCUT2D eigenvalue weighted by Crippen LogP contribution is 2.31. The molecule has 5 rings (SSSR count). The highest BCUT2D eigenvalue weighted by Gasteiger charge is 2.16. The first-order valence-corrected chi connectivity index (χ1v) is 16.1. The highest BCUT2D eigenvalue weighted by atomic mass is 35.5. The summed E-state index contributed by atoms with van der Waals surface area (Å²) < 4.78 is 16.6. The fraction of sp³-hybridized carbons (Fsp3) is 0.294. The van der Waals surface area contributed by atoms with Crippen LogP contribution in [0.3, 0.4) is 0 Å². The molecule has 3 aromatic heterocycles. The first-order chi connectivity index (χ1) is 23.0. The fourth-order valence-electron chi connectivity index (χ4n) is 5.41. The first kappa shape index (κ1) is 34.4. The molecule has 0 saturated carbocycles. The number of benzene rings is 2. The molecule has 0 saturated heterocycles. The molecule has 0 amide bonds. The molecular weight excluding hydrogens is 635 g/mol. The molecule has 2 atom stereocenters. The van der Waals surface area contributed by atoms with E-state index in [1.807, 2.05) is 31.2 Å².